The Morgan fingerprint density at radius 3 is 2.56 bits per heavy atom. The summed E-state index contributed by atoms with van der Waals surface area (Å²) < 4.78 is 24.2. The molecule has 6 heteroatoms. The van der Waals surface area contributed by atoms with E-state index < -0.39 is 18.5 Å². The molecule has 1 aliphatic rings. The summed E-state index contributed by atoms with van der Waals surface area (Å²) in [4.78, 5) is 13.0. The van der Waals surface area contributed by atoms with Crippen molar-refractivity contribution in [2.45, 2.75) is 38.2 Å². The molecule has 16 heavy (non-hydrogen) atoms. The molecule has 1 N–H and O–H groups in total. The number of alkyl halides is 2. The minimum absolute atomic E-state index is 0. The lowest BCUT2D eigenvalue weighted by Gasteiger charge is -2.36. The van der Waals surface area contributed by atoms with E-state index in [2.05, 4.69) is 5.32 Å². The maximum atomic E-state index is 12.1. The van der Waals surface area contributed by atoms with Crippen molar-refractivity contribution in [3.8, 4) is 0 Å². The Morgan fingerprint density at radius 2 is 2.12 bits per heavy atom. The van der Waals surface area contributed by atoms with E-state index in [4.69, 9.17) is 0 Å². The highest BCUT2D eigenvalue weighted by Crippen LogP contribution is 2.21. The summed E-state index contributed by atoms with van der Waals surface area (Å²) in [5.74, 6) is -0.234. The van der Waals surface area contributed by atoms with Crippen molar-refractivity contribution in [2.75, 3.05) is 20.1 Å². The number of likely N-dealkylation sites (N-methyl/N-ethyl adjacent to an activating group) is 1. The van der Waals surface area contributed by atoms with Crippen LogP contribution in [0.3, 0.4) is 0 Å². The van der Waals surface area contributed by atoms with Crippen LogP contribution >= 0.6 is 12.4 Å². The molecule has 1 rings (SSSR count). The number of hydrogen-bond donors (Lipinski definition) is 1. The first-order valence-corrected chi connectivity index (χ1v) is 5.24. The van der Waals surface area contributed by atoms with Crippen LogP contribution in [-0.2, 0) is 4.79 Å². The minimum atomic E-state index is -2.47. The van der Waals surface area contributed by atoms with E-state index in [0.717, 1.165) is 30.7 Å². The van der Waals surface area contributed by atoms with Gasteiger partial charge in [-0.1, -0.05) is 0 Å². The first-order valence-electron chi connectivity index (χ1n) is 5.24. The summed E-state index contributed by atoms with van der Waals surface area (Å²) in [6.07, 6.45) is 0.268. The summed E-state index contributed by atoms with van der Waals surface area (Å²) in [6.45, 7) is 2.08. The first-order chi connectivity index (χ1) is 6.96. The Morgan fingerprint density at radius 1 is 1.50 bits per heavy atom. The number of hydrogen-bond acceptors (Lipinski definition) is 2. The first kappa shape index (κ1) is 15.6. The summed E-state index contributed by atoms with van der Waals surface area (Å²) in [7, 11) is 1.43. The molecule has 1 aliphatic heterocycles. The van der Waals surface area contributed by atoms with Crippen molar-refractivity contribution in [2.24, 2.45) is 0 Å². The molecule has 1 fully saturated rings. The Kier molecular flexibility index (Phi) is 6.18. The topological polar surface area (TPSA) is 32.3 Å². The molecule has 0 bridgehead atoms. The highest BCUT2D eigenvalue weighted by atomic mass is 35.5. The van der Waals surface area contributed by atoms with Gasteiger partial charge >= 0.3 is 0 Å². The normalized spacial score (nSPS) is 25.1. The van der Waals surface area contributed by atoms with Gasteiger partial charge in [0.2, 0.25) is 5.91 Å². The van der Waals surface area contributed by atoms with E-state index in [-0.39, 0.29) is 18.3 Å². The number of nitrogens with zero attached hydrogens (tertiary/aromatic N) is 1. The van der Waals surface area contributed by atoms with Gasteiger partial charge in [-0.25, -0.2) is 8.78 Å². The average Bonchev–Trinajstić information content (AvgIpc) is 2.16. The zero-order valence-electron chi connectivity index (χ0n) is 9.63. The molecular formula is C10H19ClF2N2O. The number of nitrogens with one attached hydrogen (secondary N) is 1. The minimum Gasteiger partial charge on any atom is -0.338 e. The predicted octanol–water partition coefficient (Wildman–Crippen LogP) is 1.66. The molecule has 96 valence electrons. The third kappa shape index (κ3) is 3.87. The third-order valence-corrected chi connectivity index (χ3v) is 2.85. The Bertz CT molecular complexity index is 233. The zero-order valence-corrected chi connectivity index (χ0v) is 10.4. The van der Waals surface area contributed by atoms with E-state index in [1.54, 1.807) is 6.92 Å². The second kappa shape index (κ2) is 6.35. The van der Waals surface area contributed by atoms with Gasteiger partial charge in [0.15, 0.2) is 0 Å². The lowest BCUT2D eigenvalue weighted by atomic mass is 9.89. The van der Waals surface area contributed by atoms with Crippen molar-refractivity contribution >= 4 is 18.3 Å². The van der Waals surface area contributed by atoms with E-state index in [1.165, 1.54) is 7.05 Å². The fourth-order valence-corrected chi connectivity index (χ4v) is 1.95. The maximum absolute atomic E-state index is 12.1. The van der Waals surface area contributed by atoms with Crippen LogP contribution < -0.4 is 5.32 Å². The predicted molar refractivity (Wildman–Crippen MR) is 61.1 cm³/mol. The number of carbonyl (C=O) groups excluding carboxylic acids is 1. The van der Waals surface area contributed by atoms with Crippen molar-refractivity contribution in [3.63, 3.8) is 0 Å². The molecule has 0 aliphatic carbocycles. The largest absolute Gasteiger partial charge is 0.338 e. The number of rotatable bonds is 3. The number of halogens is 3. The fourth-order valence-electron chi connectivity index (χ4n) is 1.95. The van der Waals surface area contributed by atoms with E-state index in [9.17, 15) is 13.6 Å². The average molecular weight is 257 g/mol. The monoisotopic (exact) mass is 256 g/mol. The highest BCUT2D eigenvalue weighted by molar-refractivity contribution is 5.86. The van der Waals surface area contributed by atoms with E-state index in [1.807, 2.05) is 0 Å². The van der Waals surface area contributed by atoms with Crippen LogP contribution in [-0.4, -0.2) is 42.9 Å². The second-order valence-corrected chi connectivity index (χ2v) is 4.29. The van der Waals surface area contributed by atoms with Crippen molar-refractivity contribution in [1.82, 2.24) is 10.2 Å². The SMILES string of the molecule is CN(CC(F)F)C(=O)C1(C)CCCCN1.Cl. The Labute approximate surface area is 101 Å². The summed E-state index contributed by atoms with van der Waals surface area (Å²) in [6, 6.07) is 0. The lowest BCUT2D eigenvalue weighted by Crippen LogP contribution is -2.57. The maximum Gasteiger partial charge on any atom is 0.255 e. The smallest absolute Gasteiger partial charge is 0.255 e. The van der Waals surface area contributed by atoms with Crippen LogP contribution in [0.1, 0.15) is 26.2 Å². The van der Waals surface area contributed by atoms with Crippen molar-refractivity contribution in [1.29, 1.82) is 0 Å². The zero-order chi connectivity index (χ0) is 11.5. The van der Waals surface area contributed by atoms with Crippen LogP contribution in [0, 0.1) is 0 Å². The number of piperidine rings is 1. The summed E-state index contributed by atoms with van der Waals surface area (Å²) in [5, 5.41) is 3.11. The number of amides is 1. The third-order valence-electron chi connectivity index (χ3n) is 2.85. The molecule has 0 aromatic carbocycles. The van der Waals surface area contributed by atoms with Gasteiger partial charge in [0.1, 0.15) is 0 Å². The van der Waals surface area contributed by atoms with Crippen LogP contribution in [0.5, 0.6) is 0 Å². The molecular weight excluding hydrogens is 238 g/mol. The lowest BCUT2D eigenvalue weighted by molar-refractivity contribution is -0.139. The number of carbonyl (C=O) groups is 1. The molecule has 0 aromatic heterocycles. The molecule has 1 saturated heterocycles. The van der Waals surface area contributed by atoms with Gasteiger partial charge in [-0.2, -0.15) is 0 Å². The molecule has 1 atom stereocenters. The molecule has 3 nitrogen and oxygen atoms in total. The molecule has 0 radical (unpaired) electrons. The van der Waals surface area contributed by atoms with Gasteiger partial charge in [0.25, 0.3) is 6.43 Å². The quantitative estimate of drug-likeness (QED) is 0.833. The summed E-state index contributed by atoms with van der Waals surface area (Å²) >= 11 is 0. The van der Waals surface area contributed by atoms with Gasteiger partial charge in [-0.05, 0) is 32.7 Å². The van der Waals surface area contributed by atoms with Gasteiger partial charge in [-0.3, -0.25) is 4.79 Å². The van der Waals surface area contributed by atoms with Crippen molar-refractivity contribution in [3.05, 3.63) is 0 Å². The van der Waals surface area contributed by atoms with Gasteiger partial charge in [0, 0.05) is 7.05 Å². The van der Waals surface area contributed by atoms with E-state index >= 15 is 0 Å². The molecule has 0 saturated carbocycles. The summed E-state index contributed by atoms with van der Waals surface area (Å²) in [5.41, 5.74) is -0.651. The van der Waals surface area contributed by atoms with Gasteiger partial charge < -0.3 is 10.2 Å². The molecule has 0 spiro atoms. The standard InChI is InChI=1S/C10H18F2N2O.ClH/c1-10(5-3-4-6-13-10)9(15)14(2)7-8(11)12;/h8,13H,3-7H2,1-2H3;1H. The van der Waals surface area contributed by atoms with Gasteiger partial charge in [0.05, 0.1) is 12.1 Å². The molecule has 0 aromatic rings. The molecule has 1 amide bonds. The molecule has 1 heterocycles. The van der Waals surface area contributed by atoms with Crippen LogP contribution in [0.15, 0.2) is 0 Å². The Hall–Kier alpha value is -0.420. The highest BCUT2D eigenvalue weighted by Gasteiger charge is 2.36. The molecule has 1 unspecified atom stereocenters. The van der Waals surface area contributed by atoms with Crippen LogP contribution in [0.2, 0.25) is 0 Å². The van der Waals surface area contributed by atoms with Gasteiger partial charge in [-0.15, -0.1) is 12.4 Å². The van der Waals surface area contributed by atoms with Crippen molar-refractivity contribution < 1.29 is 13.6 Å². The van der Waals surface area contributed by atoms with Crippen LogP contribution in [0.4, 0.5) is 8.78 Å². The fraction of sp³-hybridized carbons (Fsp3) is 0.900. The van der Waals surface area contributed by atoms with E-state index in [0.29, 0.717) is 0 Å². The second-order valence-electron chi connectivity index (χ2n) is 4.29. The van der Waals surface area contributed by atoms with Crippen LogP contribution in [0.25, 0.3) is 0 Å². The Balaban J connectivity index is 0.00000225.